The van der Waals surface area contributed by atoms with Crippen LogP contribution in [0.1, 0.15) is 35.0 Å². The average Bonchev–Trinajstić information content (AvgIpc) is 3.17. The van der Waals surface area contributed by atoms with E-state index in [-0.39, 0.29) is 11.9 Å². The van der Waals surface area contributed by atoms with Gasteiger partial charge in [0.25, 0.3) is 5.91 Å². The van der Waals surface area contributed by atoms with Crippen molar-refractivity contribution in [3.05, 3.63) is 89.6 Å². The van der Waals surface area contributed by atoms with Crippen LogP contribution in [0.5, 0.6) is 5.75 Å². The summed E-state index contributed by atoms with van der Waals surface area (Å²) >= 11 is 1.61. The molecule has 1 amide bonds. The van der Waals surface area contributed by atoms with Gasteiger partial charge in [0.15, 0.2) is 0 Å². The minimum atomic E-state index is -0.0876. The Morgan fingerprint density at radius 2 is 1.81 bits per heavy atom. The number of H-pyrrole nitrogens is 1. The van der Waals surface area contributed by atoms with Crippen molar-refractivity contribution in [3.63, 3.8) is 0 Å². The third-order valence-electron chi connectivity index (χ3n) is 5.51. The Balaban J connectivity index is 1.57. The molecule has 32 heavy (non-hydrogen) atoms. The van der Waals surface area contributed by atoms with Crippen molar-refractivity contribution in [2.45, 2.75) is 42.5 Å². The number of fused-ring (bicyclic) bond motifs is 1. The molecule has 1 aromatic heterocycles. The van der Waals surface area contributed by atoms with Crippen molar-refractivity contribution >= 4 is 28.6 Å². The molecular weight excluding hydrogens is 416 g/mol. The molecule has 0 unspecified atom stereocenters. The number of aromatic amines is 1. The molecule has 164 valence electrons. The Morgan fingerprint density at radius 3 is 2.53 bits per heavy atom. The number of amides is 1. The normalized spacial score (nSPS) is 12.0. The predicted octanol–water partition coefficient (Wildman–Crippen LogP) is 6.39. The van der Waals surface area contributed by atoms with E-state index in [1.165, 1.54) is 11.1 Å². The van der Waals surface area contributed by atoms with E-state index in [2.05, 4.69) is 60.5 Å². The maximum absolute atomic E-state index is 13.3. The lowest BCUT2D eigenvalue weighted by atomic mass is 10.1. The van der Waals surface area contributed by atoms with Crippen molar-refractivity contribution in [3.8, 4) is 5.75 Å². The third-order valence-corrected chi connectivity index (χ3v) is 6.65. The largest absolute Gasteiger partial charge is 0.497 e. The van der Waals surface area contributed by atoms with E-state index in [1.54, 1.807) is 18.9 Å². The van der Waals surface area contributed by atoms with E-state index in [1.807, 2.05) is 36.4 Å². The average molecular weight is 445 g/mol. The predicted molar refractivity (Wildman–Crippen MR) is 132 cm³/mol. The van der Waals surface area contributed by atoms with Gasteiger partial charge in [0.2, 0.25) is 0 Å². The molecule has 0 spiro atoms. The summed E-state index contributed by atoms with van der Waals surface area (Å²) < 4.78 is 5.37. The number of aromatic nitrogens is 1. The molecule has 0 radical (unpaired) electrons. The Hall–Kier alpha value is -3.18. The van der Waals surface area contributed by atoms with Crippen molar-refractivity contribution in [2.75, 3.05) is 7.11 Å². The fourth-order valence-electron chi connectivity index (χ4n) is 3.66. The van der Waals surface area contributed by atoms with E-state index < -0.39 is 0 Å². The maximum Gasteiger partial charge on any atom is 0.269 e. The second-order valence-electron chi connectivity index (χ2n) is 8.05. The minimum absolute atomic E-state index is 0.0564. The molecule has 1 atom stereocenters. The van der Waals surface area contributed by atoms with Crippen molar-refractivity contribution in [2.24, 2.45) is 0 Å². The first-order chi connectivity index (χ1) is 15.5. The van der Waals surface area contributed by atoms with Crippen LogP contribution in [0.25, 0.3) is 10.9 Å². The SMILES string of the molecule is COc1ccc2c(Sc3ccc(C)cc3)c(C(=O)N[C@H](C)CCc3ccccc3)[nH]c2c1. The summed E-state index contributed by atoms with van der Waals surface area (Å²) in [5.74, 6) is 0.671. The van der Waals surface area contributed by atoms with Crippen LogP contribution >= 0.6 is 11.8 Å². The van der Waals surface area contributed by atoms with Crippen LogP contribution in [0.4, 0.5) is 0 Å². The number of hydrogen-bond acceptors (Lipinski definition) is 3. The molecule has 0 aliphatic carbocycles. The van der Waals surface area contributed by atoms with Crippen LogP contribution < -0.4 is 10.1 Å². The van der Waals surface area contributed by atoms with Gasteiger partial charge in [-0.15, -0.1) is 0 Å². The van der Waals surface area contributed by atoms with Crippen molar-refractivity contribution in [1.82, 2.24) is 10.3 Å². The molecule has 0 saturated carbocycles. The van der Waals surface area contributed by atoms with Crippen molar-refractivity contribution in [1.29, 1.82) is 0 Å². The molecule has 1 heterocycles. The van der Waals surface area contributed by atoms with Gasteiger partial charge in [-0.25, -0.2) is 0 Å². The van der Waals surface area contributed by atoms with Gasteiger partial charge in [-0.2, -0.15) is 0 Å². The van der Waals surface area contributed by atoms with E-state index in [0.29, 0.717) is 5.69 Å². The summed E-state index contributed by atoms with van der Waals surface area (Å²) in [6, 6.07) is 24.6. The lowest BCUT2D eigenvalue weighted by Crippen LogP contribution is -2.33. The second kappa shape index (κ2) is 9.96. The lowest BCUT2D eigenvalue weighted by molar-refractivity contribution is 0.0931. The van der Waals surface area contributed by atoms with E-state index in [4.69, 9.17) is 4.74 Å². The molecule has 0 aliphatic heterocycles. The maximum atomic E-state index is 13.3. The molecule has 3 aromatic carbocycles. The van der Waals surface area contributed by atoms with Crippen molar-refractivity contribution < 1.29 is 9.53 Å². The highest BCUT2D eigenvalue weighted by Crippen LogP contribution is 2.38. The Kier molecular flexibility index (Phi) is 6.86. The summed E-state index contributed by atoms with van der Waals surface area (Å²) in [6.07, 6.45) is 1.81. The van der Waals surface area contributed by atoms with Crippen LogP contribution in [-0.4, -0.2) is 24.0 Å². The van der Waals surface area contributed by atoms with Crippen LogP contribution in [0, 0.1) is 6.92 Å². The first kappa shape index (κ1) is 22.0. The number of methoxy groups -OCH3 is 1. The Labute approximate surface area is 193 Å². The van der Waals surface area contributed by atoms with E-state index in [0.717, 1.165) is 39.3 Å². The van der Waals surface area contributed by atoms with Gasteiger partial charge >= 0.3 is 0 Å². The molecule has 0 bridgehead atoms. The van der Waals surface area contributed by atoms with Gasteiger partial charge in [-0.3, -0.25) is 4.79 Å². The van der Waals surface area contributed by atoms with Gasteiger partial charge in [-0.05, 0) is 56.5 Å². The quantitative estimate of drug-likeness (QED) is 0.331. The van der Waals surface area contributed by atoms with Gasteiger partial charge < -0.3 is 15.0 Å². The first-order valence-corrected chi connectivity index (χ1v) is 11.6. The number of carbonyl (C=O) groups excluding carboxylic acids is 1. The third kappa shape index (κ3) is 5.17. The fourth-order valence-corrected chi connectivity index (χ4v) is 4.71. The highest BCUT2D eigenvalue weighted by atomic mass is 32.2. The molecule has 4 aromatic rings. The fraction of sp³-hybridized carbons (Fsp3) is 0.222. The molecule has 0 saturated heterocycles. The van der Waals surface area contributed by atoms with Crippen LogP contribution in [-0.2, 0) is 6.42 Å². The zero-order valence-corrected chi connectivity index (χ0v) is 19.5. The summed E-state index contributed by atoms with van der Waals surface area (Å²) in [6.45, 7) is 4.13. The summed E-state index contributed by atoms with van der Waals surface area (Å²) in [5, 5.41) is 4.19. The number of benzene rings is 3. The Bertz CT molecular complexity index is 1200. The highest BCUT2D eigenvalue weighted by Gasteiger charge is 2.20. The molecule has 0 aliphatic rings. The molecule has 2 N–H and O–H groups in total. The zero-order valence-electron chi connectivity index (χ0n) is 18.6. The summed E-state index contributed by atoms with van der Waals surface area (Å²) in [4.78, 5) is 18.6. The summed E-state index contributed by atoms with van der Waals surface area (Å²) in [7, 11) is 1.65. The number of carbonyl (C=O) groups is 1. The van der Waals surface area contributed by atoms with Gasteiger partial charge in [-0.1, -0.05) is 59.8 Å². The van der Waals surface area contributed by atoms with Crippen LogP contribution in [0.3, 0.4) is 0 Å². The number of nitrogens with one attached hydrogen (secondary N) is 2. The van der Waals surface area contributed by atoms with Crippen LogP contribution in [0.15, 0.2) is 82.6 Å². The number of rotatable bonds is 8. The topological polar surface area (TPSA) is 54.1 Å². The number of hydrogen-bond donors (Lipinski definition) is 2. The van der Waals surface area contributed by atoms with Gasteiger partial charge in [0, 0.05) is 22.4 Å². The summed E-state index contributed by atoms with van der Waals surface area (Å²) in [5.41, 5.74) is 3.97. The van der Waals surface area contributed by atoms with E-state index in [9.17, 15) is 4.79 Å². The monoisotopic (exact) mass is 444 g/mol. The standard InChI is InChI=1S/C27H28N2O2S/c1-18-9-14-22(15-10-18)32-26-23-16-13-21(31-3)17-24(23)29-25(26)27(30)28-19(2)11-12-20-7-5-4-6-8-20/h4-10,13-17,19,29H,11-12H2,1-3H3,(H,28,30)/t19-/m1/s1. The lowest BCUT2D eigenvalue weighted by Gasteiger charge is -2.14. The second-order valence-corrected chi connectivity index (χ2v) is 9.14. The van der Waals surface area contributed by atoms with E-state index >= 15 is 0 Å². The number of aryl methyl sites for hydroxylation is 2. The molecular formula is C27H28N2O2S. The molecule has 5 heteroatoms. The zero-order chi connectivity index (χ0) is 22.5. The Morgan fingerprint density at radius 1 is 1.06 bits per heavy atom. The van der Waals surface area contributed by atoms with Gasteiger partial charge in [0.1, 0.15) is 11.4 Å². The molecule has 0 fully saturated rings. The molecule has 4 rings (SSSR count). The minimum Gasteiger partial charge on any atom is -0.497 e. The van der Waals surface area contributed by atoms with Crippen LogP contribution in [0.2, 0.25) is 0 Å². The van der Waals surface area contributed by atoms with Gasteiger partial charge in [0.05, 0.1) is 17.5 Å². The molecule has 4 nitrogen and oxygen atoms in total. The first-order valence-electron chi connectivity index (χ1n) is 10.8. The number of ether oxygens (including phenoxy) is 1. The smallest absolute Gasteiger partial charge is 0.269 e. The highest BCUT2D eigenvalue weighted by molar-refractivity contribution is 7.99.